The zero-order valence-electron chi connectivity index (χ0n) is 9.60. The summed E-state index contributed by atoms with van der Waals surface area (Å²) < 4.78 is 0. The molecule has 1 rings (SSSR count). The Morgan fingerprint density at radius 3 is 1.76 bits per heavy atom. The maximum absolute atomic E-state index is 10.4. The Kier molecular flexibility index (Phi) is 11.8. The molecule has 0 radical (unpaired) electrons. The summed E-state index contributed by atoms with van der Waals surface area (Å²) in [4.78, 5) is 20.8. The molecular weight excluding hydrogens is 276 g/mol. The van der Waals surface area contributed by atoms with Gasteiger partial charge >= 0.3 is 103 Å². The van der Waals surface area contributed by atoms with Crippen LogP contribution in [-0.4, -0.2) is 11.9 Å². The Morgan fingerprint density at radius 1 is 1.00 bits per heavy atom. The van der Waals surface area contributed by atoms with Crippen LogP contribution in [0.3, 0.4) is 0 Å². The molecule has 0 saturated carbocycles. The van der Waals surface area contributed by atoms with Crippen molar-refractivity contribution in [1.29, 1.82) is 0 Å². The Morgan fingerprint density at radius 2 is 1.41 bits per heavy atom. The predicted molar refractivity (Wildman–Crippen MR) is 48.8 cm³/mol. The molecule has 0 aliphatic heterocycles. The van der Waals surface area contributed by atoms with Crippen molar-refractivity contribution in [3.05, 3.63) is 35.4 Å². The molecule has 0 amide bonds. The number of aliphatic carboxylic acids is 2. The zero-order chi connectivity index (χ0) is 11.4. The fourth-order valence-corrected chi connectivity index (χ4v) is 0.960. The summed E-state index contributed by atoms with van der Waals surface area (Å²) in [6.07, 6.45) is 0.949. The molecule has 17 heavy (non-hydrogen) atoms. The van der Waals surface area contributed by atoms with Crippen LogP contribution >= 0.6 is 0 Å². The molecule has 0 aromatic heterocycles. The summed E-state index contributed by atoms with van der Waals surface area (Å²) in [5, 5.41) is 20.8. The molecule has 0 aliphatic carbocycles. The molecule has 2 N–H and O–H groups in total. The van der Waals surface area contributed by atoms with Crippen molar-refractivity contribution in [3.63, 3.8) is 0 Å². The second-order valence-electron chi connectivity index (χ2n) is 2.80. The van der Waals surface area contributed by atoms with Gasteiger partial charge in [0.2, 0.25) is 0 Å². The molecule has 0 unspecified atom stereocenters. The quantitative estimate of drug-likeness (QED) is 0.195. The molecule has 0 saturated heterocycles. The van der Waals surface area contributed by atoms with E-state index in [4.69, 9.17) is 5.73 Å². The van der Waals surface area contributed by atoms with Crippen molar-refractivity contribution in [1.82, 2.24) is 0 Å². The van der Waals surface area contributed by atoms with E-state index in [1.807, 2.05) is 0 Å². The maximum Gasteiger partial charge on any atom is 1.00 e. The summed E-state index contributed by atoms with van der Waals surface area (Å²) in [6.45, 7) is 0. The van der Waals surface area contributed by atoms with Crippen LogP contribution in [0.4, 0.5) is 5.69 Å². The van der Waals surface area contributed by atoms with Crippen LogP contribution in [0.5, 0.6) is 0 Å². The first-order chi connectivity index (χ1) is 7.00. The van der Waals surface area contributed by atoms with Gasteiger partial charge in [0.1, 0.15) is 0 Å². The molecule has 1 aromatic rings. The smallest absolute Gasteiger partial charge is 0.545 e. The van der Waals surface area contributed by atoms with Crippen LogP contribution in [0.25, 0.3) is 6.08 Å². The second kappa shape index (κ2) is 9.84. The molecule has 5 nitrogen and oxygen atoms in total. The maximum atomic E-state index is 10.4. The Bertz CT molecular complexity index is 412. The number of rotatable bonds is 3. The van der Waals surface area contributed by atoms with Crippen molar-refractivity contribution in [2.24, 2.45) is 0 Å². The van der Waals surface area contributed by atoms with Crippen LogP contribution in [0, 0.1) is 0 Å². The molecule has 0 bridgehead atoms. The Hall–Kier alpha value is 0.973. The van der Waals surface area contributed by atoms with Crippen LogP contribution in [0.1, 0.15) is 5.56 Å². The average Bonchev–Trinajstić information content (AvgIpc) is 2.15. The molecule has 7 heteroatoms. The summed E-state index contributed by atoms with van der Waals surface area (Å²) in [6, 6.07) is 6.02. The number of nitrogens with two attached hydrogens (primary N) is 1. The van der Waals surface area contributed by atoms with Gasteiger partial charge in [-0.25, -0.2) is 0 Å². The van der Waals surface area contributed by atoms with Crippen LogP contribution in [0.15, 0.2) is 29.8 Å². The Labute approximate surface area is 183 Å². The third-order valence-electron chi connectivity index (χ3n) is 1.69. The van der Waals surface area contributed by atoms with Gasteiger partial charge in [0.05, 0.1) is 11.9 Å². The third kappa shape index (κ3) is 7.21. The fraction of sp³-hybridized carbons (Fsp3) is 0. The molecule has 0 spiro atoms. The number of benzene rings is 1. The number of hydrogen-bond donors (Lipinski definition) is 1. The van der Waals surface area contributed by atoms with E-state index < -0.39 is 17.5 Å². The van der Waals surface area contributed by atoms with E-state index >= 15 is 0 Å². The number of nitrogen functional groups attached to an aromatic ring is 1. The van der Waals surface area contributed by atoms with Gasteiger partial charge in [0, 0.05) is 11.3 Å². The summed E-state index contributed by atoms with van der Waals surface area (Å²) in [7, 11) is 0. The number of carboxylic acids is 2. The van der Waals surface area contributed by atoms with E-state index in [0.717, 1.165) is 6.08 Å². The first-order valence-corrected chi connectivity index (χ1v) is 4.00. The number of carbonyl (C=O) groups is 2. The minimum Gasteiger partial charge on any atom is -0.545 e. The largest absolute Gasteiger partial charge is 1.00 e. The molecular formula is C10H7K2NO4. The molecule has 0 heterocycles. The minimum absolute atomic E-state index is 0. The number of carbonyl (C=O) groups excluding carboxylic acids is 2. The number of anilines is 1. The van der Waals surface area contributed by atoms with Gasteiger partial charge in [-0.05, 0) is 23.8 Å². The van der Waals surface area contributed by atoms with Gasteiger partial charge < -0.3 is 25.5 Å². The number of hydrogen-bond acceptors (Lipinski definition) is 5. The predicted octanol–water partition coefficient (Wildman–Crippen LogP) is -7.84. The minimum atomic E-state index is -1.79. The van der Waals surface area contributed by atoms with Crippen molar-refractivity contribution in [2.75, 3.05) is 5.73 Å². The van der Waals surface area contributed by atoms with Gasteiger partial charge in [-0.1, -0.05) is 12.1 Å². The summed E-state index contributed by atoms with van der Waals surface area (Å²) in [5.74, 6) is -3.57. The van der Waals surface area contributed by atoms with E-state index in [1.165, 1.54) is 24.3 Å². The SMILES string of the molecule is Nc1ccc(C=C(C(=O)[O-])C(=O)[O-])cc1.[K+].[K+]. The fourth-order valence-electron chi connectivity index (χ4n) is 0.960. The van der Waals surface area contributed by atoms with Crippen molar-refractivity contribution >= 4 is 23.7 Å². The zero-order valence-corrected chi connectivity index (χ0v) is 15.8. The van der Waals surface area contributed by atoms with Crippen molar-refractivity contribution in [3.8, 4) is 0 Å². The molecule has 0 atom stereocenters. The first kappa shape index (κ1) is 20.3. The molecule has 78 valence electrons. The topological polar surface area (TPSA) is 106 Å². The van der Waals surface area contributed by atoms with Crippen molar-refractivity contribution < 1.29 is 123 Å². The van der Waals surface area contributed by atoms with Gasteiger partial charge in [-0.15, -0.1) is 0 Å². The Balaban J connectivity index is 0. The first-order valence-electron chi connectivity index (χ1n) is 4.00. The van der Waals surface area contributed by atoms with Crippen LogP contribution < -0.4 is 119 Å². The van der Waals surface area contributed by atoms with Gasteiger partial charge in [0.15, 0.2) is 0 Å². The molecule has 0 fully saturated rings. The third-order valence-corrected chi connectivity index (χ3v) is 1.69. The summed E-state index contributed by atoms with van der Waals surface area (Å²) >= 11 is 0. The van der Waals surface area contributed by atoms with E-state index in [-0.39, 0.29) is 103 Å². The van der Waals surface area contributed by atoms with Crippen LogP contribution in [-0.2, 0) is 9.59 Å². The van der Waals surface area contributed by atoms with Gasteiger partial charge in [-0.3, -0.25) is 0 Å². The molecule has 0 aliphatic rings. The number of carboxylic acid groups (broad SMARTS) is 2. The molecule has 1 aromatic carbocycles. The van der Waals surface area contributed by atoms with E-state index in [0.29, 0.717) is 11.3 Å². The van der Waals surface area contributed by atoms with Gasteiger partial charge in [-0.2, -0.15) is 0 Å². The van der Waals surface area contributed by atoms with Crippen LogP contribution in [0.2, 0.25) is 0 Å². The van der Waals surface area contributed by atoms with E-state index in [1.54, 1.807) is 0 Å². The monoisotopic (exact) mass is 283 g/mol. The second-order valence-corrected chi connectivity index (χ2v) is 2.80. The summed E-state index contributed by atoms with van der Waals surface area (Å²) in [5.41, 5.74) is 5.39. The van der Waals surface area contributed by atoms with E-state index in [2.05, 4.69) is 0 Å². The average molecular weight is 283 g/mol. The standard InChI is InChI=1S/C10H9NO4.2K/c11-7-3-1-6(2-4-7)5-8(9(12)13)10(14)15;;/h1-5H,11H2,(H,12,13)(H,14,15);;/q;2*+1/p-2. The van der Waals surface area contributed by atoms with E-state index in [9.17, 15) is 19.8 Å². The van der Waals surface area contributed by atoms with Crippen molar-refractivity contribution in [2.45, 2.75) is 0 Å². The normalized spacial score (nSPS) is 8.24. The van der Waals surface area contributed by atoms with Gasteiger partial charge in [0.25, 0.3) is 0 Å².